The second kappa shape index (κ2) is 6.48. The highest BCUT2D eigenvalue weighted by Crippen LogP contribution is 2.34. The first kappa shape index (κ1) is 16.8. The molecule has 24 heavy (non-hydrogen) atoms. The molecule has 3 rings (SSSR count). The van der Waals surface area contributed by atoms with Gasteiger partial charge in [-0.3, -0.25) is 10.2 Å². The maximum absolute atomic E-state index is 13.6. The highest BCUT2D eigenvalue weighted by atomic mass is 35.5. The number of carbonyl (C=O) groups excluding carboxylic acids is 1. The molecule has 2 N–H and O–H groups in total. The van der Waals surface area contributed by atoms with E-state index in [0.717, 1.165) is 28.2 Å². The maximum Gasteiger partial charge on any atom is 0.277 e. The first-order chi connectivity index (χ1) is 11.4. The van der Waals surface area contributed by atoms with Crippen molar-refractivity contribution in [1.82, 2.24) is 10.3 Å². The van der Waals surface area contributed by atoms with Crippen molar-refractivity contribution in [2.75, 3.05) is 0 Å². The molecule has 1 amide bonds. The Bertz CT molecular complexity index is 1030. The summed E-state index contributed by atoms with van der Waals surface area (Å²) in [6.07, 6.45) is 0. The van der Waals surface area contributed by atoms with E-state index in [9.17, 15) is 17.6 Å². The molecule has 0 aliphatic rings. The highest BCUT2D eigenvalue weighted by molar-refractivity contribution is 7.89. The fourth-order valence-corrected chi connectivity index (χ4v) is 4.38. The molecule has 0 saturated heterocycles. The topological polar surface area (TPSA) is 75.3 Å². The zero-order chi connectivity index (χ0) is 17.3. The summed E-state index contributed by atoms with van der Waals surface area (Å²) in [7, 11) is -4.23. The molecular weight excluding hydrogens is 375 g/mol. The van der Waals surface area contributed by atoms with Crippen molar-refractivity contribution in [3.63, 3.8) is 0 Å². The number of halogens is 2. The highest BCUT2D eigenvalue weighted by Gasteiger charge is 2.22. The molecule has 2 aromatic carbocycles. The Balaban J connectivity index is 1.82. The van der Waals surface area contributed by atoms with Gasteiger partial charge in [0.15, 0.2) is 0 Å². The quantitative estimate of drug-likeness (QED) is 0.677. The Morgan fingerprint density at radius 3 is 2.46 bits per heavy atom. The summed E-state index contributed by atoms with van der Waals surface area (Å²) in [5.74, 6) is -1.64. The van der Waals surface area contributed by atoms with Crippen LogP contribution >= 0.6 is 22.9 Å². The van der Waals surface area contributed by atoms with Gasteiger partial charge in [0.05, 0.1) is 5.02 Å². The minimum Gasteiger partial charge on any atom is -0.273 e. The maximum atomic E-state index is 13.6. The van der Waals surface area contributed by atoms with Crippen molar-refractivity contribution in [2.45, 2.75) is 4.90 Å². The van der Waals surface area contributed by atoms with Crippen LogP contribution in [0.1, 0.15) is 9.67 Å². The molecular formula is C15H10ClFN2O3S2. The summed E-state index contributed by atoms with van der Waals surface area (Å²) in [5.41, 5.74) is 2.05. The number of fused-ring (bicyclic) bond motifs is 1. The van der Waals surface area contributed by atoms with Crippen LogP contribution in [0.4, 0.5) is 4.39 Å². The summed E-state index contributed by atoms with van der Waals surface area (Å²) in [6.45, 7) is 0. The van der Waals surface area contributed by atoms with Gasteiger partial charge in [0.2, 0.25) is 0 Å². The minimum atomic E-state index is -4.23. The predicted molar refractivity (Wildman–Crippen MR) is 91.0 cm³/mol. The van der Waals surface area contributed by atoms with Crippen LogP contribution in [0.25, 0.3) is 10.1 Å². The number of carbonyl (C=O) groups is 1. The van der Waals surface area contributed by atoms with Gasteiger partial charge in [0, 0.05) is 10.1 Å². The number of hydrogen-bond acceptors (Lipinski definition) is 4. The lowest BCUT2D eigenvalue weighted by Crippen LogP contribution is -2.41. The van der Waals surface area contributed by atoms with Crippen LogP contribution in [-0.2, 0) is 10.0 Å². The number of sulfonamides is 1. The summed E-state index contributed by atoms with van der Waals surface area (Å²) < 4.78 is 38.5. The summed E-state index contributed by atoms with van der Waals surface area (Å²) >= 11 is 7.29. The molecule has 1 heterocycles. The van der Waals surface area contributed by atoms with Gasteiger partial charge in [-0.2, -0.15) is 0 Å². The fourth-order valence-electron chi connectivity index (χ4n) is 2.05. The van der Waals surface area contributed by atoms with Gasteiger partial charge in [0.1, 0.15) is 15.6 Å². The van der Waals surface area contributed by atoms with E-state index in [-0.39, 0.29) is 9.90 Å². The van der Waals surface area contributed by atoms with Crippen molar-refractivity contribution in [2.24, 2.45) is 0 Å². The zero-order valence-electron chi connectivity index (χ0n) is 11.9. The van der Waals surface area contributed by atoms with Crippen LogP contribution < -0.4 is 10.3 Å². The molecule has 0 bridgehead atoms. The average Bonchev–Trinajstić information content (AvgIpc) is 2.90. The van der Waals surface area contributed by atoms with E-state index < -0.39 is 26.6 Å². The molecule has 0 saturated carbocycles. The average molecular weight is 385 g/mol. The van der Waals surface area contributed by atoms with Crippen molar-refractivity contribution >= 4 is 49.0 Å². The largest absolute Gasteiger partial charge is 0.277 e. The Labute approximate surface area is 146 Å². The van der Waals surface area contributed by atoms with Gasteiger partial charge >= 0.3 is 0 Å². The number of thiophene rings is 1. The molecule has 0 aliphatic carbocycles. The normalized spacial score (nSPS) is 11.6. The van der Waals surface area contributed by atoms with Crippen LogP contribution in [0.2, 0.25) is 5.02 Å². The lowest BCUT2D eigenvalue weighted by molar-refractivity contribution is 0.0949. The zero-order valence-corrected chi connectivity index (χ0v) is 14.3. The van der Waals surface area contributed by atoms with Crippen molar-refractivity contribution in [1.29, 1.82) is 0 Å². The van der Waals surface area contributed by atoms with E-state index in [2.05, 4.69) is 0 Å². The third-order valence-corrected chi connectivity index (χ3v) is 6.12. The van der Waals surface area contributed by atoms with Crippen LogP contribution in [0.5, 0.6) is 0 Å². The molecule has 0 fully saturated rings. The van der Waals surface area contributed by atoms with E-state index in [1.807, 2.05) is 10.3 Å². The predicted octanol–water partition coefficient (Wildman–Crippen LogP) is 3.32. The molecule has 1 aromatic heterocycles. The fraction of sp³-hybridized carbons (Fsp3) is 0. The van der Waals surface area contributed by atoms with Crippen molar-refractivity contribution in [3.05, 3.63) is 64.2 Å². The standard InChI is InChI=1S/C15H10ClFN2O3S2/c16-13-9-5-1-3-7-11(9)23-14(13)15(20)18-19-24(21,22)12-8-4-2-6-10(12)17/h1-8,19H,(H,18,20). The SMILES string of the molecule is O=C(NNS(=O)(=O)c1ccccc1F)c1sc2ccccc2c1Cl. The third kappa shape index (κ3) is 3.13. The Kier molecular flexibility index (Phi) is 4.55. The van der Waals surface area contributed by atoms with E-state index in [4.69, 9.17) is 11.6 Å². The van der Waals surface area contributed by atoms with Crippen LogP contribution in [0.3, 0.4) is 0 Å². The van der Waals surface area contributed by atoms with E-state index >= 15 is 0 Å². The van der Waals surface area contributed by atoms with Gasteiger partial charge in [-0.1, -0.05) is 41.9 Å². The van der Waals surface area contributed by atoms with Gasteiger partial charge in [-0.25, -0.2) is 12.8 Å². The number of nitrogens with one attached hydrogen (secondary N) is 2. The summed E-state index contributed by atoms with van der Waals surface area (Å²) in [5, 5.41) is 0.935. The lowest BCUT2D eigenvalue weighted by Gasteiger charge is -2.08. The van der Waals surface area contributed by atoms with Crippen LogP contribution in [0.15, 0.2) is 53.4 Å². The molecule has 0 radical (unpaired) electrons. The van der Waals surface area contributed by atoms with Crippen molar-refractivity contribution in [3.8, 4) is 0 Å². The molecule has 9 heteroatoms. The second-order valence-corrected chi connectivity index (χ2v) is 7.81. The smallest absolute Gasteiger partial charge is 0.273 e. The lowest BCUT2D eigenvalue weighted by atomic mass is 10.2. The number of hydrazine groups is 1. The first-order valence-electron chi connectivity index (χ1n) is 6.64. The minimum absolute atomic E-state index is 0.161. The molecule has 0 spiro atoms. The number of amides is 1. The molecule has 5 nitrogen and oxygen atoms in total. The van der Waals surface area contributed by atoms with Crippen LogP contribution in [0, 0.1) is 5.82 Å². The number of benzene rings is 2. The Morgan fingerprint density at radius 1 is 1.08 bits per heavy atom. The van der Waals surface area contributed by atoms with Gasteiger partial charge < -0.3 is 0 Å². The summed E-state index contributed by atoms with van der Waals surface area (Å²) in [6, 6.07) is 12.0. The molecule has 3 aromatic rings. The molecule has 0 atom stereocenters. The van der Waals surface area contributed by atoms with E-state index in [0.29, 0.717) is 5.39 Å². The van der Waals surface area contributed by atoms with Gasteiger partial charge in [-0.05, 0) is 18.2 Å². The Hall–Kier alpha value is -2.00. The molecule has 0 aliphatic heterocycles. The van der Waals surface area contributed by atoms with Gasteiger partial charge in [0.25, 0.3) is 15.9 Å². The summed E-state index contributed by atoms with van der Waals surface area (Å²) in [4.78, 5) is 13.7. The molecule has 124 valence electrons. The number of rotatable bonds is 4. The van der Waals surface area contributed by atoms with Gasteiger partial charge in [-0.15, -0.1) is 16.2 Å². The van der Waals surface area contributed by atoms with E-state index in [1.54, 1.807) is 24.3 Å². The monoisotopic (exact) mass is 384 g/mol. The number of hydrogen-bond donors (Lipinski definition) is 2. The van der Waals surface area contributed by atoms with E-state index in [1.165, 1.54) is 12.1 Å². The second-order valence-electron chi connectivity index (χ2n) is 4.73. The third-order valence-electron chi connectivity index (χ3n) is 3.17. The van der Waals surface area contributed by atoms with Crippen LogP contribution in [-0.4, -0.2) is 14.3 Å². The molecule has 0 unspecified atom stereocenters. The first-order valence-corrected chi connectivity index (χ1v) is 9.31. The van der Waals surface area contributed by atoms with Crippen molar-refractivity contribution < 1.29 is 17.6 Å². The Morgan fingerprint density at radius 2 is 1.75 bits per heavy atom.